The first kappa shape index (κ1) is 14.0. The van der Waals surface area contributed by atoms with E-state index in [2.05, 4.69) is 35.6 Å². The van der Waals surface area contributed by atoms with Crippen molar-refractivity contribution >= 4 is 0 Å². The third kappa shape index (κ3) is 2.88. The monoisotopic (exact) mass is 283 g/mol. The fourth-order valence-corrected chi connectivity index (χ4v) is 3.00. The van der Waals surface area contributed by atoms with E-state index in [9.17, 15) is 0 Å². The molecule has 0 heterocycles. The van der Waals surface area contributed by atoms with Crippen LogP contribution >= 0.6 is 0 Å². The van der Waals surface area contributed by atoms with E-state index in [0.717, 1.165) is 36.4 Å². The number of aryl methyl sites for hydroxylation is 1. The minimum absolute atomic E-state index is 0.438. The molecular weight excluding hydrogens is 262 g/mol. The molecule has 0 bridgehead atoms. The van der Waals surface area contributed by atoms with Crippen molar-refractivity contribution in [2.75, 3.05) is 14.2 Å². The summed E-state index contributed by atoms with van der Waals surface area (Å²) in [7, 11) is 3.37. The van der Waals surface area contributed by atoms with E-state index in [0.29, 0.717) is 6.04 Å². The summed E-state index contributed by atoms with van der Waals surface area (Å²) in [4.78, 5) is 0. The Hall–Kier alpha value is -2.00. The van der Waals surface area contributed by atoms with E-state index < -0.39 is 0 Å². The molecule has 0 saturated carbocycles. The predicted molar refractivity (Wildman–Crippen MR) is 83.9 cm³/mol. The second kappa shape index (κ2) is 6.19. The largest absolute Gasteiger partial charge is 0.497 e. The predicted octanol–water partition coefficient (Wildman–Crippen LogP) is 3.48. The number of ether oxygens (including phenoxy) is 2. The number of hydrogen-bond donors (Lipinski definition) is 1. The highest BCUT2D eigenvalue weighted by atomic mass is 16.5. The molecule has 1 aliphatic rings. The van der Waals surface area contributed by atoms with Crippen LogP contribution in [-0.2, 0) is 13.0 Å². The molecule has 0 aliphatic heterocycles. The number of methoxy groups -OCH3 is 2. The van der Waals surface area contributed by atoms with Gasteiger partial charge in [0, 0.05) is 24.2 Å². The van der Waals surface area contributed by atoms with Crippen LogP contribution in [0.5, 0.6) is 11.5 Å². The summed E-state index contributed by atoms with van der Waals surface area (Å²) >= 11 is 0. The van der Waals surface area contributed by atoms with Gasteiger partial charge in [-0.25, -0.2) is 0 Å². The van der Waals surface area contributed by atoms with E-state index in [-0.39, 0.29) is 0 Å². The van der Waals surface area contributed by atoms with E-state index in [1.165, 1.54) is 11.1 Å². The van der Waals surface area contributed by atoms with E-state index >= 15 is 0 Å². The van der Waals surface area contributed by atoms with Gasteiger partial charge < -0.3 is 14.8 Å². The van der Waals surface area contributed by atoms with Crippen LogP contribution in [0.3, 0.4) is 0 Å². The first-order valence-corrected chi connectivity index (χ1v) is 7.34. The van der Waals surface area contributed by atoms with E-state index in [1.807, 2.05) is 12.1 Å². The molecule has 1 unspecified atom stereocenters. The molecule has 2 aromatic carbocycles. The Morgan fingerprint density at radius 3 is 2.76 bits per heavy atom. The Kier molecular flexibility index (Phi) is 4.11. The van der Waals surface area contributed by atoms with Gasteiger partial charge in [0.15, 0.2) is 0 Å². The Morgan fingerprint density at radius 1 is 1.10 bits per heavy atom. The van der Waals surface area contributed by atoms with E-state index in [4.69, 9.17) is 9.47 Å². The average molecular weight is 283 g/mol. The molecule has 3 rings (SSSR count). The SMILES string of the molecule is COc1ccc(CNC2CCc3ccccc32)c(OC)c1. The summed E-state index contributed by atoms with van der Waals surface area (Å²) < 4.78 is 10.7. The van der Waals surface area contributed by atoms with Gasteiger partial charge in [-0.3, -0.25) is 0 Å². The summed E-state index contributed by atoms with van der Waals surface area (Å²) in [6.07, 6.45) is 2.32. The maximum Gasteiger partial charge on any atom is 0.127 e. The van der Waals surface area contributed by atoms with Crippen LogP contribution in [0.15, 0.2) is 42.5 Å². The maximum absolute atomic E-state index is 5.45. The molecule has 1 atom stereocenters. The van der Waals surface area contributed by atoms with Gasteiger partial charge in [-0.05, 0) is 30.0 Å². The van der Waals surface area contributed by atoms with Gasteiger partial charge in [0.05, 0.1) is 14.2 Å². The smallest absolute Gasteiger partial charge is 0.127 e. The molecule has 1 aliphatic carbocycles. The van der Waals surface area contributed by atoms with Gasteiger partial charge in [-0.1, -0.05) is 30.3 Å². The van der Waals surface area contributed by atoms with Gasteiger partial charge in [0.25, 0.3) is 0 Å². The van der Waals surface area contributed by atoms with Crippen molar-refractivity contribution in [3.8, 4) is 11.5 Å². The average Bonchev–Trinajstić information content (AvgIpc) is 2.96. The third-order valence-electron chi connectivity index (χ3n) is 4.17. The summed E-state index contributed by atoms with van der Waals surface area (Å²) in [6.45, 7) is 0.798. The minimum Gasteiger partial charge on any atom is -0.497 e. The van der Waals surface area contributed by atoms with Crippen molar-refractivity contribution in [1.29, 1.82) is 0 Å². The minimum atomic E-state index is 0.438. The number of rotatable bonds is 5. The number of nitrogens with one attached hydrogen (secondary N) is 1. The molecule has 3 heteroatoms. The fraction of sp³-hybridized carbons (Fsp3) is 0.333. The van der Waals surface area contributed by atoms with Gasteiger partial charge in [-0.2, -0.15) is 0 Å². The number of benzene rings is 2. The lowest BCUT2D eigenvalue weighted by atomic mass is 10.1. The highest BCUT2D eigenvalue weighted by molar-refractivity contribution is 5.41. The van der Waals surface area contributed by atoms with Gasteiger partial charge in [0.2, 0.25) is 0 Å². The molecule has 0 radical (unpaired) electrons. The molecule has 3 nitrogen and oxygen atoms in total. The third-order valence-corrected chi connectivity index (χ3v) is 4.17. The van der Waals surface area contributed by atoms with Crippen LogP contribution in [-0.4, -0.2) is 14.2 Å². The summed E-state index contributed by atoms with van der Waals surface area (Å²) in [6, 6.07) is 15.1. The van der Waals surface area contributed by atoms with Crippen LogP contribution in [0.2, 0.25) is 0 Å². The summed E-state index contributed by atoms with van der Waals surface area (Å²) in [5.74, 6) is 1.69. The van der Waals surface area contributed by atoms with Crippen LogP contribution in [0, 0.1) is 0 Å². The second-order valence-corrected chi connectivity index (χ2v) is 5.35. The highest BCUT2D eigenvalue weighted by Crippen LogP contribution is 2.32. The van der Waals surface area contributed by atoms with Crippen LogP contribution in [0.1, 0.15) is 29.2 Å². The second-order valence-electron chi connectivity index (χ2n) is 5.35. The Morgan fingerprint density at radius 2 is 1.95 bits per heavy atom. The van der Waals surface area contributed by atoms with E-state index in [1.54, 1.807) is 14.2 Å². The van der Waals surface area contributed by atoms with Crippen molar-refractivity contribution in [2.45, 2.75) is 25.4 Å². The standard InChI is InChI=1S/C18H21NO2/c1-20-15-9-7-14(18(11-15)21-2)12-19-17-10-8-13-5-3-4-6-16(13)17/h3-7,9,11,17,19H,8,10,12H2,1-2H3. The fourth-order valence-electron chi connectivity index (χ4n) is 3.00. The van der Waals surface area contributed by atoms with Gasteiger partial charge in [-0.15, -0.1) is 0 Å². The molecule has 21 heavy (non-hydrogen) atoms. The Bertz CT molecular complexity index is 624. The van der Waals surface area contributed by atoms with Crippen molar-refractivity contribution in [3.05, 3.63) is 59.2 Å². The molecule has 1 N–H and O–H groups in total. The lowest BCUT2D eigenvalue weighted by Crippen LogP contribution is -2.19. The van der Waals surface area contributed by atoms with Gasteiger partial charge in [0.1, 0.15) is 11.5 Å². The zero-order valence-corrected chi connectivity index (χ0v) is 12.6. The lowest BCUT2D eigenvalue weighted by Gasteiger charge is -2.16. The van der Waals surface area contributed by atoms with Crippen molar-refractivity contribution in [1.82, 2.24) is 5.32 Å². The maximum atomic E-state index is 5.45. The normalized spacial score (nSPS) is 16.6. The molecule has 0 amide bonds. The summed E-state index contributed by atoms with van der Waals surface area (Å²) in [5, 5.41) is 3.65. The van der Waals surface area contributed by atoms with Gasteiger partial charge >= 0.3 is 0 Å². The highest BCUT2D eigenvalue weighted by Gasteiger charge is 2.21. The Balaban J connectivity index is 1.71. The molecule has 110 valence electrons. The lowest BCUT2D eigenvalue weighted by molar-refractivity contribution is 0.388. The zero-order chi connectivity index (χ0) is 14.7. The molecule has 0 fully saturated rings. The molecular formula is C18H21NO2. The first-order valence-electron chi connectivity index (χ1n) is 7.34. The van der Waals surface area contributed by atoms with Crippen LogP contribution in [0.25, 0.3) is 0 Å². The first-order chi connectivity index (χ1) is 10.3. The van der Waals surface area contributed by atoms with Crippen molar-refractivity contribution in [3.63, 3.8) is 0 Å². The molecule has 0 spiro atoms. The molecule has 0 saturated heterocycles. The Labute approximate surface area is 125 Å². The number of hydrogen-bond acceptors (Lipinski definition) is 3. The van der Waals surface area contributed by atoms with Crippen molar-refractivity contribution in [2.24, 2.45) is 0 Å². The zero-order valence-electron chi connectivity index (χ0n) is 12.6. The number of fused-ring (bicyclic) bond motifs is 1. The quantitative estimate of drug-likeness (QED) is 0.911. The molecule has 2 aromatic rings. The molecule has 0 aromatic heterocycles. The van der Waals surface area contributed by atoms with Crippen molar-refractivity contribution < 1.29 is 9.47 Å². The summed E-state index contributed by atoms with van der Waals surface area (Å²) in [5.41, 5.74) is 4.06. The topological polar surface area (TPSA) is 30.5 Å². The van der Waals surface area contributed by atoms with Crippen LogP contribution < -0.4 is 14.8 Å². The van der Waals surface area contributed by atoms with Crippen LogP contribution in [0.4, 0.5) is 0 Å².